The van der Waals surface area contributed by atoms with Gasteiger partial charge in [-0.25, -0.2) is 9.37 Å². The molecule has 2 nitrogen and oxygen atoms in total. The lowest BCUT2D eigenvalue weighted by molar-refractivity contribution is 0.616. The predicted molar refractivity (Wildman–Crippen MR) is 92.9 cm³/mol. The molecule has 0 unspecified atom stereocenters. The van der Waals surface area contributed by atoms with Crippen molar-refractivity contribution in [1.29, 1.82) is 0 Å². The maximum Gasteiger partial charge on any atom is 0.147 e. The minimum Gasteiger partial charge on any atom is -0.293 e. The average molecular weight is 415 g/mol. The second kappa shape index (κ2) is 5.93. The number of hydrogen-bond acceptors (Lipinski definition) is 1. The summed E-state index contributed by atoms with van der Waals surface area (Å²) in [6.07, 6.45) is 0.597. The van der Waals surface area contributed by atoms with Crippen molar-refractivity contribution in [3.63, 3.8) is 0 Å². The van der Waals surface area contributed by atoms with Gasteiger partial charge >= 0.3 is 0 Å². The fourth-order valence-electron chi connectivity index (χ4n) is 2.42. The molecule has 0 saturated carbocycles. The maximum absolute atomic E-state index is 14.3. The van der Waals surface area contributed by atoms with E-state index in [4.69, 9.17) is 11.6 Å². The summed E-state index contributed by atoms with van der Waals surface area (Å²) < 4.78 is 17.3. The first kappa shape index (κ1) is 14.8. The van der Waals surface area contributed by atoms with Gasteiger partial charge in [-0.1, -0.05) is 6.07 Å². The molecule has 3 aromatic rings. The van der Waals surface area contributed by atoms with E-state index in [1.54, 1.807) is 6.07 Å². The molecule has 0 N–H and O–H groups in total. The van der Waals surface area contributed by atoms with Gasteiger partial charge in [0.1, 0.15) is 11.6 Å². The van der Waals surface area contributed by atoms with E-state index in [-0.39, 0.29) is 5.82 Å². The Hall–Kier alpha value is -1.14. The monoisotopic (exact) mass is 414 g/mol. The second-order valence-electron chi connectivity index (χ2n) is 4.89. The van der Waals surface area contributed by atoms with E-state index < -0.39 is 0 Å². The zero-order chi connectivity index (χ0) is 15.0. The van der Waals surface area contributed by atoms with Crippen molar-refractivity contribution in [1.82, 2.24) is 9.55 Å². The van der Waals surface area contributed by atoms with Crippen LogP contribution < -0.4 is 0 Å². The largest absolute Gasteiger partial charge is 0.293 e. The lowest BCUT2D eigenvalue weighted by Crippen LogP contribution is -2.04. The first-order valence-corrected chi connectivity index (χ1v) is 8.21. The summed E-state index contributed by atoms with van der Waals surface area (Å²) >= 11 is 8.12. The first-order valence-electron chi connectivity index (χ1n) is 6.59. The highest BCUT2D eigenvalue weighted by molar-refractivity contribution is 14.1. The summed E-state index contributed by atoms with van der Waals surface area (Å²) in [5.74, 6) is 0.981. The SMILES string of the molecule is Cc1ccc(F)c(-n2c(CCCl)nc3cc(I)ccc32)c1. The van der Waals surface area contributed by atoms with E-state index in [2.05, 4.69) is 27.6 Å². The van der Waals surface area contributed by atoms with E-state index in [1.807, 2.05) is 35.8 Å². The number of aromatic nitrogens is 2. The number of hydrogen-bond donors (Lipinski definition) is 0. The van der Waals surface area contributed by atoms with Crippen LogP contribution in [0.15, 0.2) is 36.4 Å². The Morgan fingerprint density at radius 2 is 2.05 bits per heavy atom. The Morgan fingerprint density at radius 3 is 2.81 bits per heavy atom. The van der Waals surface area contributed by atoms with Crippen LogP contribution in [0, 0.1) is 16.3 Å². The minimum absolute atomic E-state index is 0.255. The highest BCUT2D eigenvalue weighted by Crippen LogP contribution is 2.26. The molecule has 1 aromatic heterocycles. The summed E-state index contributed by atoms with van der Waals surface area (Å²) in [5, 5.41) is 0. The van der Waals surface area contributed by atoms with Crippen LogP contribution in [0.5, 0.6) is 0 Å². The van der Waals surface area contributed by atoms with Crippen molar-refractivity contribution < 1.29 is 4.39 Å². The first-order chi connectivity index (χ1) is 10.1. The third-order valence-corrected chi connectivity index (χ3v) is 4.21. The molecule has 108 valence electrons. The molecule has 0 saturated heterocycles. The van der Waals surface area contributed by atoms with Crippen LogP contribution in [-0.4, -0.2) is 15.4 Å². The molecule has 3 rings (SSSR count). The number of nitrogens with zero attached hydrogens (tertiary/aromatic N) is 2. The molecule has 0 fully saturated rings. The molecule has 0 spiro atoms. The van der Waals surface area contributed by atoms with Crippen molar-refractivity contribution in [3.8, 4) is 5.69 Å². The zero-order valence-corrected chi connectivity index (χ0v) is 14.3. The van der Waals surface area contributed by atoms with Crippen molar-refractivity contribution in [2.75, 3.05) is 5.88 Å². The smallest absolute Gasteiger partial charge is 0.147 e. The van der Waals surface area contributed by atoms with Gasteiger partial charge in [0.05, 0.1) is 16.7 Å². The molecule has 0 aliphatic rings. The number of rotatable bonds is 3. The molecule has 2 aromatic carbocycles. The van der Waals surface area contributed by atoms with Crippen molar-refractivity contribution >= 4 is 45.2 Å². The van der Waals surface area contributed by atoms with Gasteiger partial charge in [0.25, 0.3) is 0 Å². The van der Waals surface area contributed by atoms with Crippen LogP contribution in [0.3, 0.4) is 0 Å². The lowest BCUT2D eigenvalue weighted by Gasteiger charge is -2.10. The van der Waals surface area contributed by atoms with Gasteiger partial charge in [-0.3, -0.25) is 4.57 Å². The molecule has 0 bridgehead atoms. The Morgan fingerprint density at radius 1 is 1.24 bits per heavy atom. The number of fused-ring (bicyclic) bond motifs is 1. The van der Waals surface area contributed by atoms with Crippen molar-refractivity contribution in [2.24, 2.45) is 0 Å². The van der Waals surface area contributed by atoms with Crippen LogP contribution in [0.1, 0.15) is 11.4 Å². The van der Waals surface area contributed by atoms with Gasteiger partial charge in [0, 0.05) is 15.9 Å². The number of halogens is 3. The minimum atomic E-state index is -0.255. The lowest BCUT2D eigenvalue weighted by atomic mass is 10.2. The third kappa shape index (κ3) is 2.79. The van der Waals surface area contributed by atoms with E-state index in [0.29, 0.717) is 18.0 Å². The van der Waals surface area contributed by atoms with E-state index in [0.717, 1.165) is 26.0 Å². The molecule has 0 aliphatic carbocycles. The van der Waals surface area contributed by atoms with Gasteiger partial charge in [0.2, 0.25) is 0 Å². The van der Waals surface area contributed by atoms with Crippen LogP contribution in [0.2, 0.25) is 0 Å². The molecular formula is C16H13ClFIN2. The summed E-state index contributed by atoms with van der Waals surface area (Å²) in [6.45, 7) is 1.95. The standard InChI is InChI=1S/C16H13ClFIN2/c1-10-2-4-12(18)15(8-10)21-14-5-3-11(19)9-13(14)20-16(21)6-7-17/h2-5,8-9H,6-7H2,1H3. The highest BCUT2D eigenvalue weighted by Gasteiger charge is 2.15. The molecule has 1 heterocycles. The van der Waals surface area contributed by atoms with Crippen molar-refractivity contribution in [3.05, 3.63) is 57.2 Å². The molecule has 5 heteroatoms. The molecule has 0 amide bonds. The Balaban J connectivity index is 2.33. The molecule has 0 atom stereocenters. The van der Waals surface area contributed by atoms with Crippen LogP contribution in [0.4, 0.5) is 4.39 Å². The van der Waals surface area contributed by atoms with Crippen LogP contribution >= 0.6 is 34.2 Å². The Bertz CT molecular complexity index is 813. The fourth-order valence-corrected chi connectivity index (χ4v) is 3.06. The fraction of sp³-hybridized carbons (Fsp3) is 0.188. The molecular weight excluding hydrogens is 402 g/mol. The predicted octanol–water partition coefficient (Wildman–Crippen LogP) is 4.86. The van der Waals surface area contributed by atoms with Gasteiger partial charge < -0.3 is 0 Å². The molecule has 0 radical (unpaired) electrons. The number of imidazole rings is 1. The Labute approximate surface area is 141 Å². The zero-order valence-electron chi connectivity index (χ0n) is 11.4. The number of alkyl halides is 1. The van der Waals surface area contributed by atoms with Crippen LogP contribution in [0.25, 0.3) is 16.7 Å². The quantitative estimate of drug-likeness (QED) is 0.442. The Kier molecular flexibility index (Phi) is 4.17. The summed E-state index contributed by atoms with van der Waals surface area (Å²) in [4.78, 5) is 4.62. The number of aryl methyl sites for hydroxylation is 2. The van der Waals surface area contributed by atoms with E-state index >= 15 is 0 Å². The third-order valence-electron chi connectivity index (χ3n) is 3.35. The number of benzene rings is 2. The van der Waals surface area contributed by atoms with E-state index in [9.17, 15) is 4.39 Å². The van der Waals surface area contributed by atoms with Gasteiger partial charge in [-0.05, 0) is 65.4 Å². The highest BCUT2D eigenvalue weighted by atomic mass is 127. The summed E-state index contributed by atoms with van der Waals surface area (Å²) in [7, 11) is 0. The summed E-state index contributed by atoms with van der Waals surface area (Å²) in [5.41, 5.74) is 3.30. The van der Waals surface area contributed by atoms with E-state index in [1.165, 1.54) is 6.07 Å². The van der Waals surface area contributed by atoms with Crippen LogP contribution in [-0.2, 0) is 6.42 Å². The van der Waals surface area contributed by atoms with Crippen molar-refractivity contribution in [2.45, 2.75) is 13.3 Å². The normalized spacial score (nSPS) is 11.2. The molecule has 21 heavy (non-hydrogen) atoms. The summed E-state index contributed by atoms with van der Waals surface area (Å²) in [6, 6.07) is 11.1. The molecule has 0 aliphatic heterocycles. The van der Waals surface area contributed by atoms with Gasteiger partial charge in [-0.15, -0.1) is 11.6 Å². The second-order valence-corrected chi connectivity index (χ2v) is 6.51. The average Bonchev–Trinajstić information content (AvgIpc) is 2.79. The topological polar surface area (TPSA) is 17.8 Å². The van der Waals surface area contributed by atoms with Gasteiger partial charge in [-0.2, -0.15) is 0 Å². The van der Waals surface area contributed by atoms with Gasteiger partial charge in [0.15, 0.2) is 0 Å². The maximum atomic E-state index is 14.3.